The van der Waals surface area contributed by atoms with Crippen LogP contribution in [0.5, 0.6) is 5.75 Å². The molecule has 0 spiro atoms. The molecule has 0 unspecified atom stereocenters. The third-order valence-corrected chi connectivity index (χ3v) is 2.72. The first-order valence-corrected chi connectivity index (χ1v) is 5.01. The second-order valence-corrected chi connectivity index (χ2v) is 3.85. The summed E-state index contributed by atoms with van der Waals surface area (Å²) in [5.74, 6) is 0.270. The lowest BCUT2D eigenvalue weighted by atomic mass is 10.1. The highest BCUT2D eigenvalue weighted by Gasteiger charge is 2.18. The molecule has 0 saturated heterocycles. The SMILES string of the molecule is Cc1cc(=O)c2c(O)c3ccoc3c(N)c2o1. The lowest BCUT2D eigenvalue weighted by Gasteiger charge is -2.05. The van der Waals surface area contributed by atoms with E-state index in [0.717, 1.165) is 0 Å². The Balaban J connectivity index is 2.73. The molecule has 2 heterocycles. The summed E-state index contributed by atoms with van der Waals surface area (Å²) in [5.41, 5.74) is 6.25. The Bertz CT molecular complexity index is 797. The van der Waals surface area contributed by atoms with Gasteiger partial charge in [-0.2, -0.15) is 0 Å². The van der Waals surface area contributed by atoms with Crippen molar-refractivity contribution in [2.75, 3.05) is 5.73 Å². The fourth-order valence-corrected chi connectivity index (χ4v) is 1.97. The summed E-state index contributed by atoms with van der Waals surface area (Å²) in [4.78, 5) is 11.8. The lowest BCUT2D eigenvalue weighted by molar-refractivity contribution is 0.484. The van der Waals surface area contributed by atoms with Crippen LogP contribution >= 0.6 is 0 Å². The van der Waals surface area contributed by atoms with E-state index in [1.807, 2.05) is 0 Å². The summed E-state index contributed by atoms with van der Waals surface area (Å²) >= 11 is 0. The predicted octanol–water partition coefficient (Wildman–Crippen LogP) is 2.14. The summed E-state index contributed by atoms with van der Waals surface area (Å²) in [5, 5.41) is 10.5. The van der Waals surface area contributed by atoms with Gasteiger partial charge in [-0.15, -0.1) is 0 Å². The quantitative estimate of drug-likeness (QED) is 0.457. The number of hydrogen-bond donors (Lipinski definition) is 2. The maximum atomic E-state index is 11.8. The molecule has 0 amide bonds. The third-order valence-electron chi connectivity index (χ3n) is 2.72. The maximum Gasteiger partial charge on any atom is 0.196 e. The number of furan rings is 1. The number of aryl methyl sites for hydroxylation is 1. The Morgan fingerprint density at radius 3 is 2.88 bits per heavy atom. The monoisotopic (exact) mass is 231 g/mol. The smallest absolute Gasteiger partial charge is 0.196 e. The van der Waals surface area contributed by atoms with E-state index in [1.165, 1.54) is 12.3 Å². The first-order valence-electron chi connectivity index (χ1n) is 5.01. The summed E-state index contributed by atoms with van der Waals surface area (Å²) in [6.45, 7) is 1.64. The normalized spacial score (nSPS) is 11.4. The van der Waals surface area contributed by atoms with E-state index in [9.17, 15) is 9.90 Å². The molecule has 0 bridgehead atoms. The molecule has 3 N–H and O–H groups in total. The number of anilines is 1. The zero-order chi connectivity index (χ0) is 12.2. The van der Waals surface area contributed by atoms with Crippen LogP contribution in [0.25, 0.3) is 21.9 Å². The van der Waals surface area contributed by atoms with Gasteiger partial charge in [-0.1, -0.05) is 0 Å². The van der Waals surface area contributed by atoms with Gasteiger partial charge >= 0.3 is 0 Å². The third kappa shape index (κ3) is 1.16. The molecule has 3 rings (SSSR count). The number of benzene rings is 1. The van der Waals surface area contributed by atoms with Gasteiger partial charge in [-0.25, -0.2) is 0 Å². The molecular weight excluding hydrogens is 222 g/mol. The predicted molar refractivity (Wildman–Crippen MR) is 63.1 cm³/mol. The van der Waals surface area contributed by atoms with E-state index in [4.69, 9.17) is 14.6 Å². The van der Waals surface area contributed by atoms with E-state index < -0.39 is 0 Å². The highest BCUT2D eigenvalue weighted by atomic mass is 16.3. The molecule has 5 nitrogen and oxygen atoms in total. The van der Waals surface area contributed by atoms with Crippen molar-refractivity contribution in [2.24, 2.45) is 0 Å². The summed E-state index contributed by atoms with van der Waals surface area (Å²) < 4.78 is 10.6. The Morgan fingerprint density at radius 1 is 1.35 bits per heavy atom. The van der Waals surface area contributed by atoms with Gasteiger partial charge in [0.1, 0.15) is 22.6 Å². The van der Waals surface area contributed by atoms with E-state index in [0.29, 0.717) is 16.7 Å². The van der Waals surface area contributed by atoms with Gasteiger partial charge in [0.25, 0.3) is 0 Å². The van der Waals surface area contributed by atoms with E-state index >= 15 is 0 Å². The Kier molecular flexibility index (Phi) is 1.75. The Hall–Kier alpha value is -2.43. The minimum atomic E-state index is -0.323. The molecule has 2 aromatic heterocycles. The van der Waals surface area contributed by atoms with Gasteiger partial charge in [-0.05, 0) is 13.0 Å². The Labute approximate surface area is 95.1 Å². The summed E-state index contributed by atoms with van der Waals surface area (Å²) in [6, 6.07) is 2.87. The van der Waals surface area contributed by atoms with Crippen molar-refractivity contribution in [3.8, 4) is 5.75 Å². The average molecular weight is 231 g/mol. The number of hydrogen-bond acceptors (Lipinski definition) is 5. The van der Waals surface area contributed by atoms with Gasteiger partial charge in [0, 0.05) is 6.07 Å². The van der Waals surface area contributed by atoms with Crippen LogP contribution in [0.4, 0.5) is 5.69 Å². The van der Waals surface area contributed by atoms with Gasteiger partial charge in [0.05, 0.1) is 11.6 Å². The molecule has 0 aliphatic rings. The number of phenolic OH excluding ortho intramolecular Hbond substituents is 1. The summed E-state index contributed by atoms with van der Waals surface area (Å²) in [6.07, 6.45) is 1.40. The van der Waals surface area contributed by atoms with Crippen molar-refractivity contribution in [1.82, 2.24) is 0 Å². The standard InChI is InChI=1S/C12H9NO4/c1-5-4-7(14)8-10(15)6-2-3-16-11(6)9(13)12(8)17-5/h2-4,15H,13H2,1H3. The van der Waals surface area contributed by atoms with Crippen molar-refractivity contribution < 1.29 is 13.9 Å². The topological polar surface area (TPSA) is 89.6 Å². The fourth-order valence-electron chi connectivity index (χ4n) is 1.97. The van der Waals surface area contributed by atoms with E-state index in [-0.39, 0.29) is 27.8 Å². The fraction of sp³-hybridized carbons (Fsp3) is 0.0833. The molecule has 3 aromatic rings. The zero-order valence-electron chi connectivity index (χ0n) is 8.98. The van der Waals surface area contributed by atoms with Crippen LogP contribution in [0, 0.1) is 6.92 Å². The molecule has 0 atom stereocenters. The van der Waals surface area contributed by atoms with Crippen LogP contribution in [0.3, 0.4) is 0 Å². The van der Waals surface area contributed by atoms with E-state index in [1.54, 1.807) is 13.0 Å². The highest BCUT2D eigenvalue weighted by molar-refractivity contribution is 6.10. The minimum Gasteiger partial charge on any atom is -0.506 e. The van der Waals surface area contributed by atoms with Gasteiger partial charge in [0.2, 0.25) is 0 Å². The molecule has 86 valence electrons. The van der Waals surface area contributed by atoms with Crippen LogP contribution in [-0.4, -0.2) is 5.11 Å². The second kappa shape index (κ2) is 3.04. The molecular formula is C12H9NO4. The molecule has 17 heavy (non-hydrogen) atoms. The minimum absolute atomic E-state index is 0.0852. The van der Waals surface area contributed by atoms with E-state index in [2.05, 4.69) is 0 Å². The van der Waals surface area contributed by atoms with Gasteiger partial charge < -0.3 is 19.7 Å². The van der Waals surface area contributed by atoms with Crippen molar-refractivity contribution in [2.45, 2.75) is 6.92 Å². The summed E-state index contributed by atoms with van der Waals surface area (Å²) in [7, 11) is 0. The second-order valence-electron chi connectivity index (χ2n) is 3.85. The molecule has 0 fully saturated rings. The number of aromatic hydroxyl groups is 1. The Morgan fingerprint density at radius 2 is 2.12 bits per heavy atom. The van der Waals surface area contributed by atoms with Crippen molar-refractivity contribution in [3.63, 3.8) is 0 Å². The van der Waals surface area contributed by atoms with Crippen molar-refractivity contribution in [3.05, 3.63) is 34.4 Å². The zero-order valence-corrected chi connectivity index (χ0v) is 8.98. The molecule has 1 aromatic carbocycles. The molecule has 0 saturated carbocycles. The highest BCUT2D eigenvalue weighted by Crippen LogP contribution is 2.38. The van der Waals surface area contributed by atoms with Crippen molar-refractivity contribution >= 4 is 27.6 Å². The molecule has 0 aliphatic carbocycles. The number of phenols is 1. The molecule has 0 radical (unpaired) electrons. The molecule has 0 aliphatic heterocycles. The van der Waals surface area contributed by atoms with Crippen LogP contribution in [0.15, 0.2) is 32.0 Å². The van der Waals surface area contributed by atoms with Crippen LogP contribution in [0.1, 0.15) is 5.76 Å². The first kappa shape index (κ1) is 9.77. The van der Waals surface area contributed by atoms with Gasteiger partial charge in [-0.3, -0.25) is 4.79 Å². The maximum absolute atomic E-state index is 11.8. The van der Waals surface area contributed by atoms with Crippen LogP contribution in [0.2, 0.25) is 0 Å². The van der Waals surface area contributed by atoms with Crippen molar-refractivity contribution in [1.29, 1.82) is 0 Å². The number of rotatable bonds is 0. The van der Waals surface area contributed by atoms with Gasteiger partial charge in [0.15, 0.2) is 16.6 Å². The average Bonchev–Trinajstić information content (AvgIpc) is 2.74. The molecule has 5 heteroatoms. The number of nitrogen functional groups attached to an aromatic ring is 1. The largest absolute Gasteiger partial charge is 0.506 e. The first-order chi connectivity index (χ1) is 8.09. The lowest BCUT2D eigenvalue weighted by Crippen LogP contribution is -2.03. The van der Waals surface area contributed by atoms with Crippen LogP contribution < -0.4 is 11.2 Å². The van der Waals surface area contributed by atoms with Crippen LogP contribution in [-0.2, 0) is 0 Å². The number of fused-ring (bicyclic) bond motifs is 2. The number of nitrogens with two attached hydrogens (primary N) is 1.